The van der Waals surface area contributed by atoms with E-state index in [4.69, 9.17) is 16.3 Å². The molecule has 2 heterocycles. The van der Waals surface area contributed by atoms with Crippen molar-refractivity contribution in [3.63, 3.8) is 0 Å². The predicted molar refractivity (Wildman–Crippen MR) is 63.5 cm³/mol. The first-order valence-electron chi connectivity index (χ1n) is 5.16. The van der Waals surface area contributed by atoms with Crippen molar-refractivity contribution in [3.8, 4) is 5.75 Å². The molecule has 84 valence electrons. The van der Waals surface area contributed by atoms with Crippen LogP contribution >= 0.6 is 11.6 Å². The number of halogens is 1. The summed E-state index contributed by atoms with van der Waals surface area (Å²) in [6, 6.07) is 8.54. The van der Waals surface area contributed by atoms with Crippen LogP contribution in [-0.4, -0.2) is 10.8 Å². The van der Waals surface area contributed by atoms with Crippen molar-refractivity contribution < 1.29 is 9.53 Å². The maximum absolute atomic E-state index is 12.3. The maximum Gasteiger partial charge on any atom is 0.198 e. The molecule has 0 saturated carbocycles. The van der Waals surface area contributed by atoms with Gasteiger partial charge in [0.25, 0.3) is 0 Å². The van der Waals surface area contributed by atoms with Gasteiger partial charge in [-0.25, -0.2) is 0 Å². The van der Waals surface area contributed by atoms with Crippen molar-refractivity contribution in [3.05, 3.63) is 58.4 Å². The highest BCUT2D eigenvalue weighted by atomic mass is 35.5. The third-order valence-electron chi connectivity index (χ3n) is 2.69. The highest BCUT2D eigenvalue weighted by Crippen LogP contribution is 2.29. The van der Waals surface area contributed by atoms with Crippen LogP contribution in [-0.2, 0) is 6.61 Å². The number of aromatic nitrogens is 1. The van der Waals surface area contributed by atoms with E-state index in [1.807, 2.05) is 0 Å². The Morgan fingerprint density at radius 3 is 3.00 bits per heavy atom. The molecule has 0 N–H and O–H groups in total. The Morgan fingerprint density at radius 2 is 2.12 bits per heavy atom. The average Bonchev–Trinajstić information content (AvgIpc) is 2.49. The van der Waals surface area contributed by atoms with Gasteiger partial charge in [0.2, 0.25) is 0 Å². The summed E-state index contributed by atoms with van der Waals surface area (Å²) in [6.45, 7) is 0.302. The fourth-order valence-electron chi connectivity index (χ4n) is 1.86. The van der Waals surface area contributed by atoms with Crippen LogP contribution in [0.3, 0.4) is 0 Å². The Balaban J connectivity index is 2.22. The molecule has 3 nitrogen and oxygen atoms in total. The lowest BCUT2D eigenvalue weighted by Crippen LogP contribution is -2.04. The Morgan fingerprint density at radius 1 is 1.24 bits per heavy atom. The normalized spacial score (nSPS) is 13.4. The molecule has 1 aromatic carbocycles. The van der Waals surface area contributed by atoms with E-state index < -0.39 is 0 Å². The number of ketones is 1. The minimum Gasteiger partial charge on any atom is -0.486 e. The first-order chi connectivity index (χ1) is 8.25. The van der Waals surface area contributed by atoms with Gasteiger partial charge in [-0.2, -0.15) is 0 Å². The average molecular weight is 246 g/mol. The van der Waals surface area contributed by atoms with Crippen LogP contribution < -0.4 is 4.74 Å². The largest absolute Gasteiger partial charge is 0.486 e. The first kappa shape index (κ1) is 10.3. The van der Waals surface area contributed by atoms with Gasteiger partial charge in [0, 0.05) is 16.8 Å². The number of rotatable bonds is 0. The van der Waals surface area contributed by atoms with E-state index in [1.54, 1.807) is 36.5 Å². The summed E-state index contributed by atoms with van der Waals surface area (Å²) in [6.07, 6.45) is 1.65. The zero-order valence-corrected chi connectivity index (χ0v) is 9.57. The van der Waals surface area contributed by atoms with Crippen molar-refractivity contribution >= 4 is 17.4 Å². The number of hydrogen-bond acceptors (Lipinski definition) is 3. The van der Waals surface area contributed by atoms with E-state index in [0.717, 1.165) is 0 Å². The van der Waals surface area contributed by atoms with E-state index in [-0.39, 0.29) is 5.78 Å². The molecule has 0 amide bonds. The molecule has 1 aliphatic rings. The minimum absolute atomic E-state index is 0.0944. The number of benzene rings is 1. The topological polar surface area (TPSA) is 39.2 Å². The summed E-state index contributed by atoms with van der Waals surface area (Å²) >= 11 is 5.90. The Bertz CT molecular complexity index is 610. The van der Waals surface area contributed by atoms with Gasteiger partial charge in [0.15, 0.2) is 5.78 Å². The van der Waals surface area contributed by atoms with Crippen molar-refractivity contribution in [1.82, 2.24) is 4.98 Å². The van der Waals surface area contributed by atoms with E-state index >= 15 is 0 Å². The van der Waals surface area contributed by atoms with Gasteiger partial charge in [0.05, 0.1) is 11.3 Å². The predicted octanol–water partition coefficient (Wildman–Crippen LogP) is 2.86. The van der Waals surface area contributed by atoms with Crippen LogP contribution in [0.5, 0.6) is 5.75 Å². The van der Waals surface area contributed by atoms with Crippen LogP contribution in [0, 0.1) is 0 Å². The second-order valence-corrected chi connectivity index (χ2v) is 4.19. The molecule has 2 aromatic rings. The monoisotopic (exact) mass is 245 g/mol. The zero-order chi connectivity index (χ0) is 11.8. The zero-order valence-electron chi connectivity index (χ0n) is 8.81. The summed E-state index contributed by atoms with van der Waals surface area (Å²) in [5.74, 6) is 0.459. The molecule has 3 rings (SSSR count). The van der Waals surface area contributed by atoms with Gasteiger partial charge in [0.1, 0.15) is 12.4 Å². The third kappa shape index (κ3) is 1.68. The number of fused-ring (bicyclic) bond motifs is 2. The highest BCUT2D eigenvalue weighted by molar-refractivity contribution is 6.31. The molecule has 0 fully saturated rings. The second-order valence-electron chi connectivity index (χ2n) is 3.76. The second kappa shape index (κ2) is 3.86. The van der Waals surface area contributed by atoms with E-state index in [1.165, 1.54) is 0 Å². The molecule has 0 unspecified atom stereocenters. The SMILES string of the molecule is O=C1c2cc(Cl)ccc2OCc2ncccc21. The lowest BCUT2D eigenvalue weighted by molar-refractivity contribution is 0.103. The fourth-order valence-corrected chi connectivity index (χ4v) is 2.03. The van der Waals surface area contributed by atoms with Gasteiger partial charge in [-0.1, -0.05) is 11.6 Å². The molecular weight excluding hydrogens is 238 g/mol. The first-order valence-corrected chi connectivity index (χ1v) is 5.54. The minimum atomic E-state index is -0.0944. The lowest BCUT2D eigenvalue weighted by atomic mass is 10.0. The summed E-state index contributed by atoms with van der Waals surface area (Å²) < 4.78 is 5.56. The Labute approximate surface area is 103 Å². The van der Waals surface area contributed by atoms with Crippen LogP contribution in [0.4, 0.5) is 0 Å². The molecule has 1 aliphatic heterocycles. The van der Waals surface area contributed by atoms with Gasteiger partial charge >= 0.3 is 0 Å². The molecule has 4 heteroatoms. The number of carbonyl (C=O) groups is 1. The third-order valence-corrected chi connectivity index (χ3v) is 2.92. The number of carbonyl (C=O) groups excluding carboxylic acids is 1. The fraction of sp³-hybridized carbons (Fsp3) is 0.0769. The summed E-state index contributed by atoms with van der Waals surface area (Å²) in [7, 11) is 0. The molecule has 0 saturated heterocycles. The molecule has 0 atom stereocenters. The van der Waals surface area contributed by atoms with Crippen LogP contribution in [0.1, 0.15) is 21.6 Å². The smallest absolute Gasteiger partial charge is 0.198 e. The summed E-state index contributed by atoms with van der Waals surface area (Å²) in [5, 5.41) is 0.521. The molecule has 0 spiro atoms. The Hall–Kier alpha value is -1.87. The lowest BCUT2D eigenvalue weighted by Gasteiger charge is -2.05. The van der Waals surface area contributed by atoms with Gasteiger partial charge in [-0.15, -0.1) is 0 Å². The van der Waals surface area contributed by atoms with Crippen LogP contribution in [0.2, 0.25) is 5.02 Å². The molecule has 0 aliphatic carbocycles. The Kier molecular flexibility index (Phi) is 2.34. The number of pyridine rings is 1. The van der Waals surface area contributed by atoms with Gasteiger partial charge in [-0.05, 0) is 30.3 Å². The van der Waals surface area contributed by atoms with E-state index in [9.17, 15) is 4.79 Å². The van der Waals surface area contributed by atoms with Crippen molar-refractivity contribution in [2.75, 3.05) is 0 Å². The summed E-state index contributed by atoms with van der Waals surface area (Å²) in [5.41, 5.74) is 1.72. The molecule has 0 bridgehead atoms. The van der Waals surface area contributed by atoms with Crippen LogP contribution in [0.25, 0.3) is 0 Å². The van der Waals surface area contributed by atoms with Crippen molar-refractivity contribution in [2.45, 2.75) is 6.61 Å². The molecule has 17 heavy (non-hydrogen) atoms. The molecule has 1 aromatic heterocycles. The van der Waals surface area contributed by atoms with Crippen molar-refractivity contribution in [1.29, 1.82) is 0 Å². The summed E-state index contributed by atoms with van der Waals surface area (Å²) in [4.78, 5) is 16.5. The number of hydrogen-bond donors (Lipinski definition) is 0. The number of nitrogens with zero attached hydrogens (tertiary/aromatic N) is 1. The van der Waals surface area contributed by atoms with E-state index in [2.05, 4.69) is 4.98 Å². The molecule has 0 radical (unpaired) electrons. The van der Waals surface area contributed by atoms with Gasteiger partial charge in [-0.3, -0.25) is 9.78 Å². The highest BCUT2D eigenvalue weighted by Gasteiger charge is 2.22. The van der Waals surface area contributed by atoms with Crippen molar-refractivity contribution in [2.24, 2.45) is 0 Å². The van der Waals surface area contributed by atoms with Crippen LogP contribution in [0.15, 0.2) is 36.5 Å². The standard InChI is InChI=1S/C13H8ClNO2/c14-8-3-4-12-10(6-8)13(16)9-2-1-5-15-11(9)7-17-12/h1-6H,7H2. The van der Waals surface area contributed by atoms with E-state index in [0.29, 0.717) is 34.2 Å². The maximum atomic E-state index is 12.3. The quantitative estimate of drug-likeness (QED) is 0.716. The molecular formula is C13H8ClNO2. The number of ether oxygens (including phenoxy) is 1. The van der Waals surface area contributed by atoms with Gasteiger partial charge < -0.3 is 4.74 Å².